The van der Waals surface area contributed by atoms with Gasteiger partial charge in [0.15, 0.2) is 0 Å². The van der Waals surface area contributed by atoms with E-state index in [4.69, 9.17) is 16.3 Å². The molecule has 0 spiro atoms. The van der Waals surface area contributed by atoms with E-state index in [-0.39, 0.29) is 6.61 Å². The Hall–Kier alpha value is -1.65. The molecular weight excluding hydrogens is 286 g/mol. The smallest absolute Gasteiger partial charge is 0.126 e. The summed E-state index contributed by atoms with van der Waals surface area (Å²) >= 11 is 5.85. The van der Waals surface area contributed by atoms with Crippen LogP contribution in [0.1, 0.15) is 24.2 Å². The van der Waals surface area contributed by atoms with E-state index in [0.29, 0.717) is 21.9 Å². The molecule has 2 rings (SSSR count). The molecular formula is C15H13ClF2O2. The summed E-state index contributed by atoms with van der Waals surface area (Å²) in [7, 11) is 0. The summed E-state index contributed by atoms with van der Waals surface area (Å²) in [4.78, 5) is 0. The van der Waals surface area contributed by atoms with Crippen LogP contribution in [0.2, 0.25) is 5.02 Å². The predicted molar refractivity (Wildman–Crippen MR) is 72.8 cm³/mol. The van der Waals surface area contributed by atoms with E-state index in [9.17, 15) is 13.9 Å². The van der Waals surface area contributed by atoms with Gasteiger partial charge in [-0.2, -0.15) is 0 Å². The van der Waals surface area contributed by atoms with E-state index in [0.717, 1.165) is 6.07 Å². The molecule has 0 unspecified atom stereocenters. The van der Waals surface area contributed by atoms with E-state index in [1.54, 1.807) is 25.1 Å². The molecule has 0 saturated carbocycles. The second-order valence-corrected chi connectivity index (χ2v) is 4.86. The first kappa shape index (κ1) is 14.8. The Morgan fingerprint density at radius 3 is 2.40 bits per heavy atom. The third kappa shape index (κ3) is 3.68. The van der Waals surface area contributed by atoms with Crippen LogP contribution < -0.4 is 4.74 Å². The zero-order chi connectivity index (χ0) is 14.7. The lowest BCUT2D eigenvalue weighted by atomic mass is 10.1. The number of rotatable bonds is 4. The van der Waals surface area contributed by atoms with Crippen molar-refractivity contribution in [2.24, 2.45) is 0 Å². The van der Waals surface area contributed by atoms with Crippen molar-refractivity contribution >= 4 is 11.6 Å². The predicted octanol–water partition coefficient (Wildman–Crippen LogP) is 4.25. The molecule has 1 atom stereocenters. The molecule has 0 saturated heterocycles. The maximum atomic E-state index is 13.1. The Labute approximate surface area is 120 Å². The Balaban J connectivity index is 2.18. The highest BCUT2D eigenvalue weighted by Gasteiger charge is 2.10. The Morgan fingerprint density at radius 2 is 1.80 bits per heavy atom. The Morgan fingerprint density at radius 1 is 1.15 bits per heavy atom. The normalized spacial score (nSPS) is 12.2. The van der Waals surface area contributed by atoms with E-state index in [1.807, 2.05) is 0 Å². The van der Waals surface area contributed by atoms with Crippen molar-refractivity contribution in [2.45, 2.75) is 19.6 Å². The van der Waals surface area contributed by atoms with Crippen LogP contribution in [0.25, 0.3) is 0 Å². The van der Waals surface area contributed by atoms with Gasteiger partial charge in [-0.15, -0.1) is 0 Å². The molecule has 0 amide bonds. The maximum Gasteiger partial charge on any atom is 0.126 e. The van der Waals surface area contributed by atoms with Crippen molar-refractivity contribution in [3.63, 3.8) is 0 Å². The van der Waals surface area contributed by atoms with E-state index in [2.05, 4.69) is 0 Å². The molecule has 0 heterocycles. The SMILES string of the molecule is C[C@H](O)c1cc(Cl)ccc1OCc1cc(F)cc(F)c1. The summed E-state index contributed by atoms with van der Waals surface area (Å²) < 4.78 is 31.6. The van der Waals surface area contributed by atoms with Crippen molar-refractivity contribution in [2.75, 3.05) is 0 Å². The summed E-state index contributed by atoms with van der Waals surface area (Å²) in [6, 6.07) is 8.01. The van der Waals surface area contributed by atoms with Crippen molar-refractivity contribution in [3.8, 4) is 5.75 Å². The van der Waals surface area contributed by atoms with Gasteiger partial charge in [0.05, 0.1) is 6.10 Å². The van der Waals surface area contributed by atoms with Crippen LogP contribution in [-0.4, -0.2) is 5.11 Å². The maximum absolute atomic E-state index is 13.1. The first-order valence-corrected chi connectivity index (χ1v) is 6.39. The van der Waals surface area contributed by atoms with Gasteiger partial charge in [-0.1, -0.05) is 11.6 Å². The van der Waals surface area contributed by atoms with Gasteiger partial charge in [0.1, 0.15) is 24.0 Å². The minimum Gasteiger partial charge on any atom is -0.489 e. The summed E-state index contributed by atoms with van der Waals surface area (Å²) in [6.07, 6.45) is -0.757. The lowest BCUT2D eigenvalue weighted by molar-refractivity contribution is 0.190. The fourth-order valence-corrected chi connectivity index (χ4v) is 2.01. The van der Waals surface area contributed by atoms with Gasteiger partial charge in [0.2, 0.25) is 0 Å². The molecule has 2 nitrogen and oxygen atoms in total. The molecule has 0 radical (unpaired) electrons. The molecule has 0 aliphatic rings. The second kappa shape index (κ2) is 6.20. The van der Waals surface area contributed by atoms with Crippen LogP contribution in [0.4, 0.5) is 8.78 Å². The van der Waals surface area contributed by atoms with Crippen LogP contribution >= 0.6 is 11.6 Å². The highest BCUT2D eigenvalue weighted by Crippen LogP contribution is 2.29. The molecule has 2 aromatic carbocycles. The molecule has 1 N–H and O–H groups in total. The molecule has 0 fully saturated rings. The third-order valence-corrected chi connectivity index (χ3v) is 2.97. The molecule has 2 aromatic rings. The second-order valence-electron chi connectivity index (χ2n) is 4.42. The summed E-state index contributed by atoms with van der Waals surface area (Å²) in [5, 5.41) is 10.1. The molecule has 0 aliphatic heterocycles. The number of ether oxygens (including phenoxy) is 1. The van der Waals surface area contributed by atoms with E-state index >= 15 is 0 Å². The van der Waals surface area contributed by atoms with Crippen LogP contribution in [0.3, 0.4) is 0 Å². The van der Waals surface area contributed by atoms with Gasteiger partial charge in [-0.05, 0) is 42.8 Å². The average molecular weight is 299 g/mol. The lowest BCUT2D eigenvalue weighted by Gasteiger charge is -2.14. The summed E-state index contributed by atoms with van der Waals surface area (Å²) in [5.74, 6) is -0.889. The first-order chi connectivity index (χ1) is 9.45. The number of aliphatic hydroxyl groups is 1. The molecule has 0 aromatic heterocycles. The minimum absolute atomic E-state index is 0.00394. The fourth-order valence-electron chi connectivity index (χ4n) is 1.83. The van der Waals surface area contributed by atoms with Gasteiger partial charge >= 0.3 is 0 Å². The number of hydrogen-bond acceptors (Lipinski definition) is 2. The van der Waals surface area contributed by atoms with Crippen LogP contribution in [0.15, 0.2) is 36.4 Å². The Kier molecular flexibility index (Phi) is 4.57. The monoisotopic (exact) mass is 298 g/mol. The van der Waals surface area contributed by atoms with Crippen LogP contribution in [0.5, 0.6) is 5.75 Å². The Bertz CT molecular complexity index is 595. The van der Waals surface area contributed by atoms with Crippen LogP contribution in [0, 0.1) is 11.6 Å². The first-order valence-electron chi connectivity index (χ1n) is 6.01. The van der Waals surface area contributed by atoms with Crippen molar-refractivity contribution < 1.29 is 18.6 Å². The molecule has 0 aliphatic carbocycles. The number of halogens is 3. The highest BCUT2D eigenvalue weighted by molar-refractivity contribution is 6.30. The molecule has 0 bridgehead atoms. The molecule has 20 heavy (non-hydrogen) atoms. The van der Waals surface area contributed by atoms with Gasteiger partial charge in [0, 0.05) is 16.7 Å². The van der Waals surface area contributed by atoms with Crippen LogP contribution in [-0.2, 0) is 6.61 Å². The zero-order valence-electron chi connectivity index (χ0n) is 10.7. The summed E-state index contributed by atoms with van der Waals surface area (Å²) in [5.41, 5.74) is 0.892. The molecule has 5 heteroatoms. The highest BCUT2D eigenvalue weighted by atomic mass is 35.5. The largest absolute Gasteiger partial charge is 0.489 e. The van der Waals surface area contributed by atoms with Gasteiger partial charge in [-0.3, -0.25) is 0 Å². The van der Waals surface area contributed by atoms with Crippen molar-refractivity contribution in [3.05, 3.63) is 64.2 Å². The van der Waals surface area contributed by atoms with Gasteiger partial charge < -0.3 is 9.84 Å². The van der Waals surface area contributed by atoms with E-state index in [1.165, 1.54) is 12.1 Å². The zero-order valence-corrected chi connectivity index (χ0v) is 11.5. The van der Waals surface area contributed by atoms with Gasteiger partial charge in [-0.25, -0.2) is 8.78 Å². The third-order valence-electron chi connectivity index (χ3n) is 2.74. The molecule has 106 valence electrons. The number of aliphatic hydroxyl groups excluding tert-OH is 1. The topological polar surface area (TPSA) is 29.5 Å². The fraction of sp³-hybridized carbons (Fsp3) is 0.200. The van der Waals surface area contributed by atoms with Crippen molar-refractivity contribution in [1.82, 2.24) is 0 Å². The summed E-state index contributed by atoms with van der Waals surface area (Å²) in [6.45, 7) is 1.58. The number of hydrogen-bond donors (Lipinski definition) is 1. The minimum atomic E-state index is -0.757. The quantitative estimate of drug-likeness (QED) is 0.914. The standard InChI is InChI=1S/C15H13ClF2O2/c1-9(19)14-6-11(16)2-3-15(14)20-8-10-4-12(17)7-13(18)5-10/h2-7,9,19H,8H2,1H3/t9-/m0/s1. The van der Waals surface area contributed by atoms with Gasteiger partial charge in [0.25, 0.3) is 0 Å². The van der Waals surface area contributed by atoms with Crippen molar-refractivity contribution in [1.29, 1.82) is 0 Å². The lowest BCUT2D eigenvalue weighted by Crippen LogP contribution is -2.01. The van der Waals surface area contributed by atoms with E-state index < -0.39 is 17.7 Å². The number of benzene rings is 2. The average Bonchev–Trinajstić information content (AvgIpc) is 2.36.